The van der Waals surface area contributed by atoms with Gasteiger partial charge in [-0.2, -0.15) is 0 Å². The molecule has 2 aromatic heterocycles. The number of para-hydroxylation sites is 1. The van der Waals surface area contributed by atoms with Crippen molar-refractivity contribution in [3.8, 4) is 5.69 Å². The molecule has 0 radical (unpaired) electrons. The Hall–Kier alpha value is -3.56. The molecule has 38 heavy (non-hydrogen) atoms. The molecule has 2 N–H and O–H groups in total. The van der Waals surface area contributed by atoms with Gasteiger partial charge in [0, 0.05) is 40.7 Å². The molecule has 0 unspecified atom stereocenters. The van der Waals surface area contributed by atoms with Gasteiger partial charge in [0.25, 0.3) is 0 Å². The van der Waals surface area contributed by atoms with Gasteiger partial charge in [-0.3, -0.25) is 9.78 Å². The van der Waals surface area contributed by atoms with Gasteiger partial charge in [0.05, 0.1) is 23.5 Å². The topological polar surface area (TPSA) is 62.2 Å². The Morgan fingerprint density at radius 3 is 2.55 bits per heavy atom. The van der Waals surface area contributed by atoms with E-state index >= 15 is 0 Å². The summed E-state index contributed by atoms with van der Waals surface area (Å²) in [5.41, 5.74) is 5.79. The average molecular weight is 593 g/mol. The molecule has 3 heterocycles. The number of benzene rings is 2. The first kappa shape index (κ1) is 26.1. The predicted molar refractivity (Wildman–Crippen MR) is 155 cm³/mol. The van der Waals surface area contributed by atoms with E-state index in [9.17, 15) is 9.18 Å². The van der Waals surface area contributed by atoms with Crippen molar-refractivity contribution in [1.29, 1.82) is 0 Å². The number of anilines is 1. The maximum absolute atomic E-state index is 13.2. The molecule has 2 aromatic carbocycles. The number of amides is 1. The molecule has 194 valence electrons. The Kier molecular flexibility index (Phi) is 7.58. The summed E-state index contributed by atoms with van der Waals surface area (Å²) in [6.45, 7) is 4.61. The highest BCUT2D eigenvalue weighted by Gasteiger charge is 2.41. The maximum atomic E-state index is 13.2. The smallest absolute Gasteiger partial charge is 0.226 e. The number of aryl methyl sites for hydroxylation is 1. The second-order valence-corrected chi connectivity index (χ2v) is 10.5. The van der Waals surface area contributed by atoms with E-state index in [1.54, 1.807) is 18.3 Å². The van der Waals surface area contributed by atoms with E-state index in [-0.39, 0.29) is 30.2 Å². The number of carbonyl (C=O) groups is 1. The van der Waals surface area contributed by atoms with Crippen LogP contribution in [-0.4, -0.2) is 32.0 Å². The van der Waals surface area contributed by atoms with Gasteiger partial charge in [-0.25, -0.2) is 4.39 Å². The predicted octanol–water partition coefficient (Wildman–Crippen LogP) is 6.39. The highest BCUT2D eigenvalue weighted by atomic mass is 79.9. The molecule has 5 rings (SSSR count). The SMILES string of the molecule is Cc1cc([C@H]2[C@@H](c3ccccn3)NC(=S)N2CCC(=O)Nc2ccc(F)cc2)c(C)n1-c1ccccc1Br. The van der Waals surface area contributed by atoms with E-state index < -0.39 is 0 Å². The normalized spacial score (nSPS) is 16.9. The summed E-state index contributed by atoms with van der Waals surface area (Å²) in [5, 5.41) is 6.87. The molecule has 6 nitrogen and oxygen atoms in total. The third-order valence-corrected chi connectivity index (χ3v) is 7.81. The highest BCUT2D eigenvalue weighted by molar-refractivity contribution is 9.10. The second-order valence-electron chi connectivity index (χ2n) is 9.24. The van der Waals surface area contributed by atoms with Crippen LogP contribution >= 0.6 is 28.1 Å². The lowest BCUT2D eigenvalue weighted by Gasteiger charge is -2.28. The van der Waals surface area contributed by atoms with Crippen LogP contribution < -0.4 is 10.6 Å². The Balaban J connectivity index is 1.47. The van der Waals surface area contributed by atoms with Crippen molar-refractivity contribution in [1.82, 2.24) is 19.8 Å². The zero-order valence-corrected chi connectivity index (χ0v) is 23.4. The molecule has 2 atom stereocenters. The highest BCUT2D eigenvalue weighted by Crippen LogP contribution is 2.42. The first-order valence-electron chi connectivity index (χ1n) is 12.3. The summed E-state index contributed by atoms with van der Waals surface area (Å²) in [6.07, 6.45) is 1.99. The molecular weight excluding hydrogens is 565 g/mol. The van der Waals surface area contributed by atoms with Crippen molar-refractivity contribution in [2.45, 2.75) is 32.4 Å². The zero-order chi connectivity index (χ0) is 26.8. The number of carbonyl (C=O) groups excluding carboxylic acids is 1. The minimum atomic E-state index is -0.347. The van der Waals surface area contributed by atoms with E-state index in [0.717, 1.165) is 32.8 Å². The number of hydrogen-bond acceptors (Lipinski definition) is 3. The van der Waals surface area contributed by atoms with Crippen LogP contribution in [0.4, 0.5) is 10.1 Å². The molecule has 9 heteroatoms. The second kappa shape index (κ2) is 11.0. The number of rotatable bonds is 7. The summed E-state index contributed by atoms with van der Waals surface area (Å²) < 4.78 is 16.5. The van der Waals surface area contributed by atoms with Crippen LogP contribution in [0.15, 0.2) is 83.5 Å². The number of nitrogens with one attached hydrogen (secondary N) is 2. The van der Waals surface area contributed by atoms with Gasteiger partial charge in [-0.05, 0) is 102 Å². The maximum Gasteiger partial charge on any atom is 0.226 e. The minimum absolute atomic E-state index is 0.168. The standard InChI is InChI=1S/C29H27BrFN5OS/c1-18-17-22(19(2)36(18)25-9-4-3-7-23(25)30)28-27(24-8-5-6-15-32-24)34-29(38)35(28)16-14-26(37)33-21-12-10-20(31)11-13-21/h3-13,15,17,27-28H,14,16H2,1-2H3,(H,33,37)(H,34,38)/t27-,28+/m1/s1. The third kappa shape index (κ3) is 5.21. The number of aromatic nitrogens is 2. The molecular formula is C29H27BrFN5OS. The van der Waals surface area contributed by atoms with Crippen LogP contribution in [-0.2, 0) is 4.79 Å². The number of pyridine rings is 1. The molecule has 1 saturated heterocycles. The molecule has 1 fully saturated rings. The average Bonchev–Trinajstić information content (AvgIpc) is 3.39. The van der Waals surface area contributed by atoms with Crippen LogP contribution in [0.3, 0.4) is 0 Å². The molecule has 4 aromatic rings. The largest absolute Gasteiger partial charge is 0.352 e. The van der Waals surface area contributed by atoms with Crippen LogP contribution in [0, 0.1) is 19.7 Å². The zero-order valence-electron chi connectivity index (χ0n) is 21.0. The fourth-order valence-electron chi connectivity index (χ4n) is 5.05. The molecule has 1 aliphatic rings. The van der Waals surface area contributed by atoms with Crippen molar-refractivity contribution < 1.29 is 9.18 Å². The van der Waals surface area contributed by atoms with Gasteiger partial charge < -0.3 is 20.1 Å². The first-order chi connectivity index (χ1) is 18.3. The van der Waals surface area contributed by atoms with Crippen molar-refractivity contribution in [3.63, 3.8) is 0 Å². The molecule has 0 saturated carbocycles. The van der Waals surface area contributed by atoms with E-state index in [1.807, 2.05) is 36.4 Å². The Morgan fingerprint density at radius 2 is 1.84 bits per heavy atom. The van der Waals surface area contributed by atoms with Gasteiger partial charge in [-0.1, -0.05) is 18.2 Å². The third-order valence-electron chi connectivity index (χ3n) is 6.79. The van der Waals surface area contributed by atoms with Gasteiger partial charge in [0.15, 0.2) is 5.11 Å². The van der Waals surface area contributed by atoms with Crippen LogP contribution in [0.2, 0.25) is 0 Å². The van der Waals surface area contributed by atoms with Crippen molar-refractivity contribution in [2.75, 3.05) is 11.9 Å². The Morgan fingerprint density at radius 1 is 1.11 bits per heavy atom. The summed E-state index contributed by atoms with van der Waals surface area (Å²) in [5.74, 6) is -0.516. The summed E-state index contributed by atoms with van der Waals surface area (Å²) >= 11 is 9.48. The number of hydrogen-bond donors (Lipinski definition) is 2. The molecule has 1 amide bonds. The van der Waals surface area contributed by atoms with Crippen LogP contribution in [0.1, 0.15) is 41.1 Å². The molecule has 0 spiro atoms. The van der Waals surface area contributed by atoms with E-state index in [0.29, 0.717) is 17.3 Å². The van der Waals surface area contributed by atoms with Crippen molar-refractivity contribution in [3.05, 3.63) is 112 Å². The van der Waals surface area contributed by atoms with Gasteiger partial charge in [0.2, 0.25) is 5.91 Å². The monoisotopic (exact) mass is 591 g/mol. The molecule has 1 aliphatic heterocycles. The quantitative estimate of drug-likeness (QED) is 0.244. The number of halogens is 2. The molecule has 0 aliphatic carbocycles. The minimum Gasteiger partial charge on any atom is -0.352 e. The van der Waals surface area contributed by atoms with E-state index in [4.69, 9.17) is 12.2 Å². The van der Waals surface area contributed by atoms with Gasteiger partial charge in [0.1, 0.15) is 5.82 Å². The van der Waals surface area contributed by atoms with Gasteiger partial charge >= 0.3 is 0 Å². The fraction of sp³-hybridized carbons (Fsp3) is 0.207. The summed E-state index contributed by atoms with van der Waals surface area (Å²) in [4.78, 5) is 19.5. The number of thiocarbonyl (C=S) groups is 1. The Bertz CT molecular complexity index is 1470. The summed E-state index contributed by atoms with van der Waals surface area (Å²) in [7, 11) is 0. The van der Waals surface area contributed by atoms with E-state index in [1.165, 1.54) is 12.1 Å². The summed E-state index contributed by atoms with van der Waals surface area (Å²) in [6, 6.07) is 21.6. The molecule has 0 bridgehead atoms. The first-order valence-corrected chi connectivity index (χ1v) is 13.5. The number of nitrogens with zero attached hydrogens (tertiary/aromatic N) is 3. The van der Waals surface area contributed by atoms with E-state index in [2.05, 4.69) is 67.0 Å². The van der Waals surface area contributed by atoms with Gasteiger partial charge in [-0.15, -0.1) is 0 Å². The van der Waals surface area contributed by atoms with Crippen molar-refractivity contribution >= 4 is 44.9 Å². The van der Waals surface area contributed by atoms with Crippen LogP contribution in [0.5, 0.6) is 0 Å². The lowest BCUT2D eigenvalue weighted by atomic mass is 9.96. The fourth-order valence-corrected chi connectivity index (χ4v) is 5.85. The van der Waals surface area contributed by atoms with Crippen LogP contribution in [0.25, 0.3) is 5.69 Å². The van der Waals surface area contributed by atoms with Crippen molar-refractivity contribution in [2.24, 2.45) is 0 Å². The lowest BCUT2D eigenvalue weighted by molar-refractivity contribution is -0.116. The Labute approximate surface area is 235 Å². The lowest BCUT2D eigenvalue weighted by Crippen LogP contribution is -2.32.